The second-order valence-corrected chi connectivity index (χ2v) is 5.79. The number of ether oxygens (including phenoxy) is 2. The summed E-state index contributed by atoms with van der Waals surface area (Å²) in [7, 11) is 1.62. The van der Waals surface area contributed by atoms with Crippen LogP contribution in [-0.4, -0.2) is 23.5 Å². The first-order chi connectivity index (χ1) is 11.4. The topological polar surface area (TPSA) is 86.5 Å². The number of hydrogen-bond donors (Lipinski definition) is 2. The number of amides is 1. The van der Waals surface area contributed by atoms with Gasteiger partial charge in [0.1, 0.15) is 17.0 Å². The van der Waals surface area contributed by atoms with Crippen LogP contribution < -0.4 is 20.5 Å². The van der Waals surface area contributed by atoms with E-state index < -0.39 is 11.4 Å². The highest BCUT2D eigenvalue weighted by molar-refractivity contribution is 5.87. The van der Waals surface area contributed by atoms with E-state index in [0.717, 1.165) is 11.3 Å². The number of nitrogens with zero attached hydrogens (tertiary/aromatic N) is 1. The molecule has 6 nitrogen and oxygen atoms in total. The molecule has 2 aromatic rings. The van der Waals surface area contributed by atoms with Crippen molar-refractivity contribution in [2.75, 3.05) is 12.4 Å². The van der Waals surface area contributed by atoms with Gasteiger partial charge in [-0.15, -0.1) is 0 Å². The predicted octanol–water partition coefficient (Wildman–Crippen LogP) is 3.26. The molecule has 0 fully saturated rings. The molecule has 0 aliphatic heterocycles. The van der Waals surface area contributed by atoms with Crippen molar-refractivity contribution < 1.29 is 14.3 Å². The molecule has 0 unspecified atom stereocenters. The third kappa shape index (κ3) is 3.95. The molecule has 0 aliphatic rings. The van der Waals surface area contributed by atoms with E-state index in [1.165, 1.54) is 0 Å². The molecule has 0 saturated heterocycles. The molecule has 6 heteroatoms. The molecule has 0 radical (unpaired) electrons. The molecule has 1 aromatic carbocycles. The van der Waals surface area contributed by atoms with Crippen LogP contribution in [0, 0.1) is 6.92 Å². The molecule has 24 heavy (non-hydrogen) atoms. The van der Waals surface area contributed by atoms with Crippen molar-refractivity contribution in [2.24, 2.45) is 5.73 Å². The lowest BCUT2D eigenvalue weighted by molar-refractivity contribution is -0.121. The van der Waals surface area contributed by atoms with Crippen LogP contribution in [0.1, 0.15) is 25.8 Å². The Labute approximate surface area is 142 Å². The quantitative estimate of drug-likeness (QED) is 0.814. The lowest BCUT2D eigenvalue weighted by Crippen LogP contribution is -2.47. The zero-order valence-electron chi connectivity index (χ0n) is 14.4. The van der Waals surface area contributed by atoms with Crippen molar-refractivity contribution in [3.8, 4) is 17.4 Å². The van der Waals surface area contributed by atoms with E-state index in [-0.39, 0.29) is 0 Å². The van der Waals surface area contributed by atoms with Gasteiger partial charge in [-0.2, -0.15) is 0 Å². The number of benzene rings is 1. The fourth-order valence-corrected chi connectivity index (χ4v) is 2.14. The van der Waals surface area contributed by atoms with Gasteiger partial charge in [-0.1, -0.05) is 13.0 Å². The molecule has 0 spiro atoms. The van der Waals surface area contributed by atoms with E-state index in [1.807, 2.05) is 32.0 Å². The van der Waals surface area contributed by atoms with Crippen LogP contribution in [0.3, 0.4) is 0 Å². The summed E-state index contributed by atoms with van der Waals surface area (Å²) < 4.78 is 11.0. The molecular weight excluding hydrogens is 306 g/mol. The number of carbonyl (C=O) groups excluding carboxylic acids is 1. The van der Waals surface area contributed by atoms with Gasteiger partial charge in [-0.25, -0.2) is 4.98 Å². The van der Waals surface area contributed by atoms with Gasteiger partial charge in [0.2, 0.25) is 11.8 Å². The molecule has 128 valence electrons. The Morgan fingerprint density at radius 2 is 2.08 bits per heavy atom. The van der Waals surface area contributed by atoms with E-state index in [4.69, 9.17) is 15.2 Å². The number of hydrogen-bond acceptors (Lipinski definition) is 5. The minimum atomic E-state index is -0.811. The van der Waals surface area contributed by atoms with E-state index in [2.05, 4.69) is 10.3 Å². The second kappa shape index (κ2) is 7.21. The molecule has 2 rings (SSSR count). The van der Waals surface area contributed by atoms with Gasteiger partial charge in [-0.05, 0) is 38.0 Å². The number of aryl methyl sites for hydroxylation is 1. The standard InChI is InChI=1S/C18H23N3O3/c1-5-18(3,17(19)22)21-13-7-9-16(20-11-13)24-14-8-6-12(2)15(10-14)23-4/h6-11,21H,5H2,1-4H3,(H2,19,22)/t18-/m0/s1. The van der Waals surface area contributed by atoms with Gasteiger partial charge in [0.25, 0.3) is 0 Å². The predicted molar refractivity (Wildman–Crippen MR) is 93.6 cm³/mol. The third-order valence-electron chi connectivity index (χ3n) is 4.01. The molecule has 3 N–H and O–H groups in total. The number of rotatable bonds is 7. The van der Waals surface area contributed by atoms with Gasteiger partial charge < -0.3 is 20.5 Å². The highest BCUT2D eigenvalue weighted by atomic mass is 16.5. The van der Waals surface area contributed by atoms with E-state index in [0.29, 0.717) is 23.7 Å². The van der Waals surface area contributed by atoms with Crippen molar-refractivity contribution >= 4 is 11.6 Å². The molecule has 0 bridgehead atoms. The summed E-state index contributed by atoms with van der Waals surface area (Å²) in [5.41, 5.74) is 6.36. The number of nitrogens with two attached hydrogens (primary N) is 1. The minimum absolute atomic E-state index is 0.405. The molecule has 1 aromatic heterocycles. The monoisotopic (exact) mass is 329 g/mol. The summed E-state index contributed by atoms with van der Waals surface area (Å²) in [6.07, 6.45) is 2.18. The normalized spacial score (nSPS) is 13.0. The first-order valence-electron chi connectivity index (χ1n) is 7.74. The fourth-order valence-electron chi connectivity index (χ4n) is 2.14. The lowest BCUT2D eigenvalue weighted by Gasteiger charge is -2.26. The first kappa shape index (κ1) is 17.6. The van der Waals surface area contributed by atoms with E-state index in [9.17, 15) is 4.79 Å². The SMILES string of the molecule is CC[C@](C)(Nc1ccc(Oc2ccc(C)c(OC)c2)nc1)C(N)=O. The van der Waals surface area contributed by atoms with Crippen LogP contribution in [0.2, 0.25) is 0 Å². The average Bonchev–Trinajstić information content (AvgIpc) is 2.58. The third-order valence-corrected chi connectivity index (χ3v) is 4.01. The molecule has 0 aliphatic carbocycles. The maximum atomic E-state index is 11.6. The number of primary amides is 1. The Kier molecular flexibility index (Phi) is 5.28. The molecular formula is C18H23N3O3. The highest BCUT2D eigenvalue weighted by Crippen LogP contribution is 2.27. The van der Waals surface area contributed by atoms with Crippen LogP contribution in [-0.2, 0) is 4.79 Å². The largest absolute Gasteiger partial charge is 0.496 e. The number of pyridine rings is 1. The Balaban J connectivity index is 2.11. The fraction of sp³-hybridized carbons (Fsp3) is 0.333. The summed E-state index contributed by atoms with van der Waals surface area (Å²) in [4.78, 5) is 15.8. The van der Waals surface area contributed by atoms with E-state index >= 15 is 0 Å². The zero-order chi connectivity index (χ0) is 17.7. The van der Waals surface area contributed by atoms with Crippen molar-refractivity contribution in [2.45, 2.75) is 32.7 Å². The van der Waals surface area contributed by atoms with Crippen molar-refractivity contribution in [3.05, 3.63) is 42.1 Å². The Hall–Kier alpha value is -2.76. The van der Waals surface area contributed by atoms with Crippen molar-refractivity contribution in [1.29, 1.82) is 0 Å². The number of aromatic nitrogens is 1. The molecule has 1 amide bonds. The van der Waals surface area contributed by atoms with Crippen LogP contribution in [0.5, 0.6) is 17.4 Å². The first-order valence-corrected chi connectivity index (χ1v) is 7.74. The van der Waals surface area contributed by atoms with Crippen LogP contribution >= 0.6 is 0 Å². The van der Waals surface area contributed by atoms with Gasteiger partial charge in [0, 0.05) is 12.1 Å². The van der Waals surface area contributed by atoms with Crippen LogP contribution in [0.4, 0.5) is 5.69 Å². The molecule has 1 atom stereocenters. The van der Waals surface area contributed by atoms with Gasteiger partial charge >= 0.3 is 0 Å². The smallest absolute Gasteiger partial charge is 0.242 e. The lowest BCUT2D eigenvalue weighted by atomic mass is 9.98. The number of anilines is 1. The van der Waals surface area contributed by atoms with Crippen LogP contribution in [0.25, 0.3) is 0 Å². The highest BCUT2D eigenvalue weighted by Gasteiger charge is 2.28. The van der Waals surface area contributed by atoms with Gasteiger partial charge in [-0.3, -0.25) is 4.79 Å². The number of carbonyl (C=O) groups is 1. The maximum absolute atomic E-state index is 11.6. The average molecular weight is 329 g/mol. The summed E-state index contributed by atoms with van der Waals surface area (Å²) in [5, 5.41) is 3.11. The second-order valence-electron chi connectivity index (χ2n) is 5.79. The summed E-state index contributed by atoms with van der Waals surface area (Å²) in [6.45, 7) is 5.62. The zero-order valence-corrected chi connectivity index (χ0v) is 14.4. The molecule has 0 saturated carbocycles. The Morgan fingerprint density at radius 1 is 1.33 bits per heavy atom. The van der Waals surface area contributed by atoms with Gasteiger partial charge in [0.15, 0.2) is 0 Å². The van der Waals surface area contributed by atoms with Crippen molar-refractivity contribution in [1.82, 2.24) is 4.98 Å². The number of nitrogens with one attached hydrogen (secondary N) is 1. The Bertz CT molecular complexity index is 716. The molecule has 1 heterocycles. The summed E-state index contributed by atoms with van der Waals surface area (Å²) in [5.74, 6) is 1.44. The summed E-state index contributed by atoms with van der Waals surface area (Å²) in [6, 6.07) is 9.11. The number of methoxy groups -OCH3 is 1. The van der Waals surface area contributed by atoms with Gasteiger partial charge in [0.05, 0.1) is 19.0 Å². The minimum Gasteiger partial charge on any atom is -0.496 e. The van der Waals surface area contributed by atoms with Crippen LogP contribution in [0.15, 0.2) is 36.5 Å². The maximum Gasteiger partial charge on any atom is 0.242 e. The van der Waals surface area contributed by atoms with E-state index in [1.54, 1.807) is 32.4 Å². The summed E-state index contributed by atoms with van der Waals surface area (Å²) >= 11 is 0. The Morgan fingerprint density at radius 3 is 2.62 bits per heavy atom. The van der Waals surface area contributed by atoms with Crippen molar-refractivity contribution in [3.63, 3.8) is 0 Å².